The molecule has 32 heavy (non-hydrogen) atoms. The fraction of sp³-hybridized carbons (Fsp3) is 1.00. The number of aliphatic hydroxyl groups is 3. The van der Waals surface area contributed by atoms with E-state index in [1.807, 2.05) is 19.6 Å². The largest absolute Gasteiger partial charge is 0.444 e. The van der Waals surface area contributed by atoms with Gasteiger partial charge in [0.05, 0.1) is 18.7 Å². The molecule has 0 aromatic heterocycles. The van der Waals surface area contributed by atoms with Crippen molar-refractivity contribution in [1.29, 1.82) is 0 Å². The third kappa shape index (κ3) is 20.9. The first-order valence-corrected chi connectivity index (χ1v) is 25.7. The summed E-state index contributed by atoms with van der Waals surface area (Å²) in [5.41, 5.74) is 0. The maximum atomic E-state index is 10.4. The Labute approximate surface area is 214 Å². The second-order valence-electron chi connectivity index (χ2n) is 6.64. The van der Waals surface area contributed by atoms with Crippen molar-refractivity contribution in [3.63, 3.8) is 0 Å². The van der Waals surface area contributed by atoms with Crippen LogP contribution in [0.15, 0.2) is 0 Å². The van der Waals surface area contributed by atoms with Crippen molar-refractivity contribution in [2.45, 2.75) is 26.2 Å². The lowest BCUT2D eigenvalue weighted by Crippen LogP contribution is -2.41. The highest BCUT2D eigenvalue weighted by molar-refractivity contribution is 7.13. The van der Waals surface area contributed by atoms with Crippen LogP contribution in [0.25, 0.3) is 0 Å². The SMILES string of the molecule is CO[Si](C)(CO)OC.CO[Si](C)(CO)O[SiH3].C[Si](CO)(O[SiH3])O[SiH3].C[Si](O[SiH3])(O[SiH3])[SiH]=O. The monoisotopic (exact) mass is 638 g/mol. The Kier molecular flexibility index (Phi) is 29.2. The smallest absolute Gasteiger partial charge is 0.360 e. The number of aliphatic hydroxyl groups excluding tert-OH is 3. The van der Waals surface area contributed by atoms with Crippen molar-refractivity contribution < 1.29 is 53.6 Å². The summed E-state index contributed by atoms with van der Waals surface area (Å²) >= 11 is 0. The summed E-state index contributed by atoms with van der Waals surface area (Å²) < 4.78 is 50.4. The van der Waals surface area contributed by atoms with E-state index in [1.165, 1.54) is 0 Å². The molecule has 0 spiro atoms. The highest BCUT2D eigenvalue weighted by Crippen LogP contribution is 2.01. The van der Waals surface area contributed by atoms with Crippen molar-refractivity contribution in [1.82, 2.24) is 0 Å². The second kappa shape index (κ2) is 23.0. The fourth-order valence-corrected chi connectivity index (χ4v) is 10.4. The molecule has 0 radical (unpaired) electrons. The third-order valence-corrected chi connectivity index (χ3v) is 31.6. The highest BCUT2D eigenvalue weighted by atomic mass is 29.2. The maximum absolute atomic E-state index is 10.4. The molecule has 0 aliphatic rings. The van der Waals surface area contributed by atoms with Gasteiger partial charge in [0.15, 0.2) is 0 Å². The van der Waals surface area contributed by atoms with Gasteiger partial charge in [0.25, 0.3) is 0 Å². The summed E-state index contributed by atoms with van der Waals surface area (Å²) in [5.74, 6) is 0. The quantitative estimate of drug-likeness (QED) is 0.174. The molecule has 0 aliphatic carbocycles. The molecule has 0 aromatic rings. The predicted octanol–water partition coefficient (Wildman–Crippen LogP) is -7.47. The van der Waals surface area contributed by atoms with Gasteiger partial charge in [-0.2, -0.15) is 0 Å². The Morgan fingerprint density at radius 3 is 0.875 bits per heavy atom. The molecule has 1 atom stereocenters. The first-order valence-electron chi connectivity index (χ1n) is 9.43. The number of hydrogen-bond acceptors (Lipinski definition) is 12. The minimum Gasteiger partial charge on any atom is -0.444 e. The molecule has 12 nitrogen and oxygen atoms in total. The fourth-order valence-electron chi connectivity index (χ4n) is 0.817. The van der Waals surface area contributed by atoms with Gasteiger partial charge < -0.3 is 53.6 Å². The first-order chi connectivity index (χ1) is 14.7. The summed E-state index contributed by atoms with van der Waals surface area (Å²) in [7, 11) is -1.07. The summed E-state index contributed by atoms with van der Waals surface area (Å²) in [6.07, 6.45) is 0.146. The lowest BCUT2D eigenvalue weighted by Gasteiger charge is -2.20. The van der Waals surface area contributed by atoms with Crippen LogP contribution in [-0.4, -0.2) is 150 Å². The van der Waals surface area contributed by atoms with Gasteiger partial charge in [0.1, 0.15) is 52.4 Å². The minimum absolute atomic E-state index is 0.0139. The van der Waals surface area contributed by atoms with Gasteiger partial charge in [0.2, 0.25) is 0 Å². The zero-order valence-electron chi connectivity index (χ0n) is 21.7. The molecular weight excluding hydrogens is 593 g/mol. The number of hydrogen-bond donors (Lipinski definition) is 3. The summed E-state index contributed by atoms with van der Waals surface area (Å²) in [6.45, 7) is 7.34. The van der Waals surface area contributed by atoms with Crippen molar-refractivity contribution in [3.05, 3.63) is 0 Å². The van der Waals surface area contributed by atoms with Crippen LogP contribution in [0, 0.1) is 0 Å². The van der Waals surface area contributed by atoms with E-state index >= 15 is 0 Å². The molecular formula is C10H46O12Si10. The van der Waals surface area contributed by atoms with E-state index in [9.17, 15) is 4.46 Å². The van der Waals surface area contributed by atoms with Crippen LogP contribution in [0.3, 0.4) is 0 Å². The average molecular weight is 639 g/mol. The van der Waals surface area contributed by atoms with E-state index in [0.29, 0.717) is 52.4 Å². The van der Waals surface area contributed by atoms with E-state index in [4.69, 9.17) is 49.2 Å². The van der Waals surface area contributed by atoms with E-state index < -0.39 is 42.7 Å². The Morgan fingerprint density at radius 2 is 0.875 bits per heavy atom. The van der Waals surface area contributed by atoms with Crippen LogP contribution in [0.2, 0.25) is 26.2 Å². The molecule has 0 heterocycles. The Balaban J connectivity index is -0.000000163. The van der Waals surface area contributed by atoms with Crippen LogP contribution >= 0.6 is 0 Å². The number of rotatable bonds is 12. The van der Waals surface area contributed by atoms with Crippen LogP contribution < -0.4 is 0 Å². The van der Waals surface area contributed by atoms with Crippen LogP contribution in [0.1, 0.15) is 0 Å². The maximum Gasteiger partial charge on any atom is 0.360 e. The Morgan fingerprint density at radius 1 is 0.594 bits per heavy atom. The first kappa shape index (κ1) is 40.7. The summed E-state index contributed by atoms with van der Waals surface area (Å²) in [5, 5.41) is 25.9. The van der Waals surface area contributed by atoms with Crippen LogP contribution in [-0.2, 0) is 38.3 Å². The molecule has 0 aromatic carbocycles. The van der Waals surface area contributed by atoms with E-state index in [1.54, 1.807) is 27.9 Å². The van der Waals surface area contributed by atoms with Gasteiger partial charge in [0, 0.05) is 21.3 Å². The van der Waals surface area contributed by atoms with E-state index in [2.05, 4.69) is 0 Å². The van der Waals surface area contributed by atoms with Crippen LogP contribution in [0.5, 0.6) is 0 Å². The van der Waals surface area contributed by atoms with Crippen molar-refractivity contribution in [2.75, 3.05) is 40.0 Å². The van der Waals surface area contributed by atoms with Gasteiger partial charge in [-0.05, 0) is 26.2 Å². The zero-order valence-corrected chi connectivity index (χ0v) is 36.9. The van der Waals surface area contributed by atoms with Gasteiger partial charge in [-0.25, -0.2) is 0 Å². The van der Waals surface area contributed by atoms with Crippen LogP contribution in [0.4, 0.5) is 0 Å². The molecule has 0 saturated carbocycles. The minimum atomic E-state index is -2.12. The molecule has 0 bridgehead atoms. The molecule has 0 fully saturated rings. The third-order valence-electron chi connectivity index (χ3n) is 4.48. The molecule has 0 amide bonds. The molecule has 3 N–H and O–H groups in total. The highest BCUT2D eigenvalue weighted by Gasteiger charge is 2.28. The molecule has 0 rings (SSSR count). The lowest BCUT2D eigenvalue weighted by molar-refractivity contribution is 0.204. The van der Waals surface area contributed by atoms with Gasteiger partial charge in [-0.15, -0.1) is 0 Å². The normalized spacial score (nSPS) is 16.8. The van der Waals surface area contributed by atoms with E-state index in [-0.39, 0.29) is 18.7 Å². The predicted molar refractivity (Wildman–Crippen MR) is 152 cm³/mol. The zero-order chi connectivity index (χ0) is 26.5. The lowest BCUT2D eigenvalue weighted by atomic mass is 11.7. The molecule has 1 unspecified atom stereocenters. The summed E-state index contributed by atoms with van der Waals surface area (Å²) in [6, 6.07) is 0. The van der Waals surface area contributed by atoms with Gasteiger partial charge >= 0.3 is 42.7 Å². The molecule has 198 valence electrons. The van der Waals surface area contributed by atoms with Gasteiger partial charge in [-0.3, -0.25) is 0 Å². The Bertz CT molecular complexity index is 356. The molecule has 22 heteroatoms. The topological polar surface area (TPSA) is 152 Å². The average Bonchev–Trinajstić information content (AvgIpc) is 2.87. The van der Waals surface area contributed by atoms with Crippen molar-refractivity contribution in [3.8, 4) is 0 Å². The van der Waals surface area contributed by atoms with E-state index in [0.717, 1.165) is 0 Å². The van der Waals surface area contributed by atoms with Crippen molar-refractivity contribution >= 4 is 95.1 Å². The van der Waals surface area contributed by atoms with Gasteiger partial charge in [-0.1, -0.05) is 0 Å². The molecule has 0 saturated heterocycles. The Hall–Kier alpha value is 1.53. The van der Waals surface area contributed by atoms with Crippen molar-refractivity contribution in [2.24, 2.45) is 0 Å². The second-order valence-corrected chi connectivity index (χ2v) is 29.9. The molecule has 0 aliphatic heterocycles. The summed E-state index contributed by atoms with van der Waals surface area (Å²) in [4.78, 5) is 0. The standard InChI is InChI=1S/C4H12O3Si.C3H12O3Si2.C2H12O3Si3.CH10O3Si4/c1-6-8(3,4-5)7-2;1-5-8(2,3-4)6-7;1-8(2-3,4-6)5-7;1-8(3-5,4-6)7-2/h5H,4H2,1-3H3;4H,3H2,1-2,7H3;3H,2H2,1,6-7H3;7H,1,5-6H3.